The fraction of sp³-hybridized carbons (Fsp3) is 0.412. The SMILES string of the molecule is CCCNC(Cc1cccs1)Cc1cccc(OC)c1F. The Kier molecular flexibility index (Phi) is 6.21. The summed E-state index contributed by atoms with van der Waals surface area (Å²) in [4.78, 5) is 1.33. The largest absolute Gasteiger partial charge is 0.494 e. The molecule has 1 aromatic heterocycles. The van der Waals surface area contributed by atoms with Crippen LogP contribution in [-0.4, -0.2) is 19.7 Å². The first-order valence-electron chi connectivity index (χ1n) is 7.31. The van der Waals surface area contributed by atoms with Crippen LogP contribution in [0.4, 0.5) is 4.39 Å². The zero-order chi connectivity index (χ0) is 15.1. The Morgan fingerprint density at radius 3 is 2.76 bits per heavy atom. The van der Waals surface area contributed by atoms with Gasteiger partial charge in [0.05, 0.1) is 7.11 Å². The molecule has 0 fully saturated rings. The second kappa shape index (κ2) is 8.15. The average Bonchev–Trinajstić information content (AvgIpc) is 3.00. The van der Waals surface area contributed by atoms with Crippen LogP contribution in [0.1, 0.15) is 23.8 Å². The van der Waals surface area contributed by atoms with E-state index >= 15 is 0 Å². The maximum Gasteiger partial charge on any atom is 0.168 e. The Labute approximate surface area is 130 Å². The summed E-state index contributed by atoms with van der Waals surface area (Å²) >= 11 is 1.75. The first-order chi connectivity index (χ1) is 10.2. The number of hydrogen-bond acceptors (Lipinski definition) is 3. The molecule has 0 bridgehead atoms. The molecular formula is C17H22FNOS. The van der Waals surface area contributed by atoms with E-state index in [1.807, 2.05) is 12.1 Å². The monoisotopic (exact) mass is 307 g/mol. The van der Waals surface area contributed by atoms with Crippen molar-refractivity contribution in [2.24, 2.45) is 0 Å². The van der Waals surface area contributed by atoms with E-state index in [0.717, 1.165) is 19.4 Å². The molecule has 114 valence electrons. The number of hydrogen-bond donors (Lipinski definition) is 1. The molecule has 2 aromatic rings. The Bertz CT molecular complexity index is 542. The minimum atomic E-state index is -0.241. The van der Waals surface area contributed by atoms with Gasteiger partial charge in [0.2, 0.25) is 0 Å². The number of thiophene rings is 1. The molecule has 0 amide bonds. The first-order valence-corrected chi connectivity index (χ1v) is 8.19. The molecule has 0 spiro atoms. The summed E-state index contributed by atoms with van der Waals surface area (Å²) in [5.74, 6) is 0.0762. The third-order valence-electron chi connectivity index (χ3n) is 3.44. The second-order valence-corrected chi connectivity index (χ2v) is 6.10. The van der Waals surface area contributed by atoms with Crippen molar-refractivity contribution in [2.75, 3.05) is 13.7 Å². The predicted octanol–water partition coefficient (Wildman–Crippen LogP) is 4.05. The van der Waals surface area contributed by atoms with Crippen LogP contribution in [0, 0.1) is 5.82 Å². The second-order valence-electron chi connectivity index (χ2n) is 5.07. The van der Waals surface area contributed by atoms with Gasteiger partial charge in [-0.15, -0.1) is 11.3 Å². The molecule has 1 aromatic carbocycles. The third kappa shape index (κ3) is 4.55. The van der Waals surface area contributed by atoms with Crippen LogP contribution in [0.15, 0.2) is 35.7 Å². The Hall–Kier alpha value is -1.39. The molecule has 1 atom stereocenters. The quantitative estimate of drug-likeness (QED) is 0.794. The van der Waals surface area contributed by atoms with E-state index in [1.165, 1.54) is 12.0 Å². The summed E-state index contributed by atoms with van der Waals surface area (Å²) in [5.41, 5.74) is 0.708. The average molecular weight is 307 g/mol. The van der Waals surface area contributed by atoms with E-state index in [2.05, 4.69) is 29.8 Å². The highest BCUT2D eigenvalue weighted by molar-refractivity contribution is 7.09. The predicted molar refractivity (Wildman–Crippen MR) is 86.8 cm³/mol. The van der Waals surface area contributed by atoms with Crippen molar-refractivity contribution < 1.29 is 9.13 Å². The lowest BCUT2D eigenvalue weighted by molar-refractivity contribution is 0.382. The van der Waals surface area contributed by atoms with Gasteiger partial charge in [-0.2, -0.15) is 0 Å². The molecular weight excluding hydrogens is 285 g/mol. The van der Waals surface area contributed by atoms with Gasteiger partial charge >= 0.3 is 0 Å². The molecule has 0 aliphatic carbocycles. The van der Waals surface area contributed by atoms with Gasteiger partial charge in [-0.3, -0.25) is 0 Å². The van der Waals surface area contributed by atoms with Crippen LogP contribution in [0.2, 0.25) is 0 Å². The molecule has 4 heteroatoms. The smallest absolute Gasteiger partial charge is 0.168 e. The van der Waals surface area contributed by atoms with Crippen LogP contribution < -0.4 is 10.1 Å². The van der Waals surface area contributed by atoms with E-state index < -0.39 is 0 Å². The van der Waals surface area contributed by atoms with Gasteiger partial charge in [0, 0.05) is 10.9 Å². The van der Waals surface area contributed by atoms with Crippen LogP contribution in [0.25, 0.3) is 0 Å². The highest BCUT2D eigenvalue weighted by Gasteiger charge is 2.15. The summed E-state index contributed by atoms with van der Waals surface area (Å²) < 4.78 is 19.3. The lowest BCUT2D eigenvalue weighted by Gasteiger charge is -2.19. The normalized spacial score (nSPS) is 12.3. The molecule has 0 aliphatic rings. The Morgan fingerprint density at radius 2 is 2.10 bits per heavy atom. The first kappa shape index (κ1) is 16.0. The van der Waals surface area contributed by atoms with Crippen molar-refractivity contribution >= 4 is 11.3 Å². The van der Waals surface area contributed by atoms with Crippen LogP contribution in [-0.2, 0) is 12.8 Å². The zero-order valence-corrected chi connectivity index (χ0v) is 13.4. The fourth-order valence-electron chi connectivity index (χ4n) is 2.37. The molecule has 0 aliphatic heterocycles. The number of nitrogens with one attached hydrogen (secondary N) is 1. The van der Waals surface area contributed by atoms with Gasteiger partial charge < -0.3 is 10.1 Å². The summed E-state index contributed by atoms with van der Waals surface area (Å²) in [6.07, 6.45) is 2.66. The minimum absolute atomic E-state index is 0.241. The van der Waals surface area contributed by atoms with Crippen molar-refractivity contribution in [3.05, 3.63) is 52.0 Å². The number of halogens is 1. The van der Waals surface area contributed by atoms with E-state index in [1.54, 1.807) is 17.4 Å². The van der Waals surface area contributed by atoms with Crippen molar-refractivity contribution in [1.82, 2.24) is 5.32 Å². The van der Waals surface area contributed by atoms with Crippen molar-refractivity contribution in [3.8, 4) is 5.75 Å². The third-order valence-corrected chi connectivity index (χ3v) is 4.34. The van der Waals surface area contributed by atoms with E-state index in [4.69, 9.17) is 4.74 Å². The summed E-state index contributed by atoms with van der Waals surface area (Å²) in [6, 6.07) is 9.78. The van der Waals surface area contributed by atoms with Gasteiger partial charge in [-0.25, -0.2) is 4.39 Å². The molecule has 1 unspecified atom stereocenters. The molecule has 1 N–H and O–H groups in total. The standard InChI is InChI=1S/C17H22FNOS/c1-3-9-19-14(12-15-7-5-10-21-15)11-13-6-4-8-16(20-2)17(13)18/h4-8,10,14,19H,3,9,11-12H2,1-2H3. The summed E-state index contributed by atoms with van der Waals surface area (Å²) in [7, 11) is 1.50. The lowest BCUT2D eigenvalue weighted by atomic mass is 10.0. The molecule has 2 nitrogen and oxygen atoms in total. The van der Waals surface area contributed by atoms with E-state index in [9.17, 15) is 4.39 Å². The molecule has 0 saturated carbocycles. The molecule has 21 heavy (non-hydrogen) atoms. The lowest BCUT2D eigenvalue weighted by Crippen LogP contribution is -2.33. The van der Waals surface area contributed by atoms with E-state index in [0.29, 0.717) is 17.7 Å². The fourth-order valence-corrected chi connectivity index (χ4v) is 3.16. The Morgan fingerprint density at radius 1 is 1.24 bits per heavy atom. The summed E-state index contributed by atoms with van der Waals surface area (Å²) in [5, 5.41) is 5.60. The van der Waals surface area contributed by atoms with Gasteiger partial charge in [0.25, 0.3) is 0 Å². The summed E-state index contributed by atoms with van der Waals surface area (Å²) in [6.45, 7) is 3.09. The van der Waals surface area contributed by atoms with Crippen molar-refractivity contribution in [2.45, 2.75) is 32.2 Å². The highest BCUT2D eigenvalue weighted by atomic mass is 32.1. The van der Waals surface area contributed by atoms with E-state index in [-0.39, 0.29) is 11.9 Å². The van der Waals surface area contributed by atoms with Gasteiger partial charge in [-0.1, -0.05) is 25.1 Å². The van der Waals surface area contributed by atoms with Crippen LogP contribution in [0.5, 0.6) is 5.75 Å². The molecule has 1 heterocycles. The minimum Gasteiger partial charge on any atom is -0.494 e. The van der Waals surface area contributed by atoms with Gasteiger partial charge in [0.1, 0.15) is 0 Å². The number of benzene rings is 1. The Balaban J connectivity index is 2.10. The number of ether oxygens (including phenoxy) is 1. The zero-order valence-electron chi connectivity index (χ0n) is 12.6. The van der Waals surface area contributed by atoms with Gasteiger partial charge in [0.15, 0.2) is 11.6 Å². The van der Waals surface area contributed by atoms with Gasteiger partial charge in [-0.05, 0) is 48.9 Å². The topological polar surface area (TPSA) is 21.3 Å². The van der Waals surface area contributed by atoms with Crippen LogP contribution in [0.3, 0.4) is 0 Å². The molecule has 0 saturated heterocycles. The highest BCUT2D eigenvalue weighted by Crippen LogP contribution is 2.22. The maximum atomic E-state index is 14.3. The molecule has 2 rings (SSSR count). The maximum absolute atomic E-state index is 14.3. The van der Waals surface area contributed by atoms with Crippen LogP contribution >= 0.6 is 11.3 Å². The van der Waals surface area contributed by atoms with Crippen molar-refractivity contribution in [3.63, 3.8) is 0 Å². The number of methoxy groups -OCH3 is 1. The number of rotatable bonds is 8. The van der Waals surface area contributed by atoms with Crippen molar-refractivity contribution in [1.29, 1.82) is 0 Å². The molecule has 0 radical (unpaired) electrons.